The van der Waals surface area contributed by atoms with Crippen LogP contribution in [0.25, 0.3) is 11.3 Å². The molecule has 3 aromatic rings. The molecule has 0 saturated heterocycles. The predicted molar refractivity (Wildman–Crippen MR) is 80.0 cm³/mol. The summed E-state index contributed by atoms with van der Waals surface area (Å²) < 4.78 is 20.7. The highest BCUT2D eigenvalue weighted by molar-refractivity contribution is 6.02. The fourth-order valence-corrected chi connectivity index (χ4v) is 2.17. The molecular weight excluding hydrogens is 285 g/mol. The number of benzene rings is 1. The number of nitrogens with one attached hydrogen (secondary N) is 1. The predicted octanol–water partition coefficient (Wildman–Crippen LogP) is 3.38. The molecule has 0 atom stereocenters. The molecule has 0 bridgehead atoms. The lowest BCUT2D eigenvalue weighted by atomic mass is 10.1. The van der Waals surface area contributed by atoms with E-state index in [1.54, 1.807) is 42.1 Å². The second-order valence-corrected chi connectivity index (χ2v) is 4.89. The second kappa shape index (κ2) is 5.48. The minimum Gasteiger partial charge on any atom is -0.451 e. The molecule has 0 unspecified atom stereocenters. The van der Waals surface area contributed by atoms with Gasteiger partial charge >= 0.3 is 0 Å². The topological polar surface area (TPSA) is 60.1 Å². The normalized spacial score (nSPS) is 10.7. The lowest BCUT2D eigenvalue weighted by Gasteiger charge is -2.03. The van der Waals surface area contributed by atoms with Gasteiger partial charge in [-0.1, -0.05) is 12.1 Å². The maximum absolute atomic E-state index is 13.7. The summed E-state index contributed by atoms with van der Waals surface area (Å²) in [5.41, 5.74) is 1.11. The minimum atomic E-state index is -0.411. The van der Waals surface area contributed by atoms with Gasteiger partial charge in [-0.25, -0.2) is 4.39 Å². The van der Waals surface area contributed by atoms with Gasteiger partial charge in [0.15, 0.2) is 5.76 Å². The Balaban J connectivity index is 1.83. The fourth-order valence-electron chi connectivity index (χ4n) is 2.17. The smallest absolute Gasteiger partial charge is 0.292 e. The molecule has 0 radical (unpaired) electrons. The molecule has 6 heteroatoms. The van der Waals surface area contributed by atoms with Gasteiger partial charge in [0.05, 0.1) is 11.3 Å². The highest BCUT2D eigenvalue weighted by atomic mass is 19.1. The second-order valence-electron chi connectivity index (χ2n) is 4.89. The Kier molecular flexibility index (Phi) is 3.50. The number of carbonyl (C=O) groups excluding carboxylic acids is 1. The van der Waals surface area contributed by atoms with Crippen molar-refractivity contribution < 1.29 is 13.6 Å². The van der Waals surface area contributed by atoms with Crippen LogP contribution in [0, 0.1) is 12.7 Å². The van der Waals surface area contributed by atoms with Gasteiger partial charge in [0.1, 0.15) is 17.4 Å². The Morgan fingerprint density at radius 2 is 2.05 bits per heavy atom. The molecule has 0 fully saturated rings. The molecule has 0 aliphatic carbocycles. The quantitative estimate of drug-likeness (QED) is 0.806. The monoisotopic (exact) mass is 299 g/mol. The molecule has 0 aliphatic rings. The lowest BCUT2D eigenvalue weighted by Crippen LogP contribution is -2.13. The number of aromatic nitrogens is 2. The van der Waals surface area contributed by atoms with Crippen molar-refractivity contribution in [3.05, 3.63) is 59.7 Å². The van der Waals surface area contributed by atoms with Gasteiger partial charge in [-0.2, -0.15) is 5.10 Å². The summed E-state index contributed by atoms with van der Waals surface area (Å²) in [5.74, 6) is 0.171. The van der Waals surface area contributed by atoms with E-state index in [4.69, 9.17) is 4.42 Å². The highest BCUT2D eigenvalue weighted by Gasteiger charge is 2.15. The number of hydrogen-bond acceptors (Lipinski definition) is 3. The Morgan fingerprint density at radius 3 is 2.73 bits per heavy atom. The lowest BCUT2D eigenvalue weighted by molar-refractivity contribution is 0.0996. The summed E-state index contributed by atoms with van der Waals surface area (Å²) in [5, 5.41) is 6.84. The summed E-state index contributed by atoms with van der Waals surface area (Å²) in [4.78, 5) is 12.2. The molecule has 1 aromatic carbocycles. The summed E-state index contributed by atoms with van der Waals surface area (Å²) in [6, 6.07) is 11.1. The molecule has 0 saturated carbocycles. The zero-order valence-electron chi connectivity index (χ0n) is 12.1. The number of aryl methyl sites for hydroxylation is 2. The van der Waals surface area contributed by atoms with Crippen molar-refractivity contribution in [2.24, 2.45) is 7.05 Å². The van der Waals surface area contributed by atoms with E-state index in [0.717, 1.165) is 5.69 Å². The zero-order chi connectivity index (χ0) is 15.7. The van der Waals surface area contributed by atoms with Crippen molar-refractivity contribution in [1.82, 2.24) is 9.78 Å². The van der Waals surface area contributed by atoms with E-state index in [-0.39, 0.29) is 5.76 Å². The molecule has 1 N–H and O–H groups in total. The van der Waals surface area contributed by atoms with Crippen molar-refractivity contribution in [3.8, 4) is 11.3 Å². The van der Waals surface area contributed by atoms with Gasteiger partial charge in [0.25, 0.3) is 5.91 Å². The standard InChI is InChI=1S/C16H14FN3O2/c1-10-9-15(20(2)19-10)18-16(21)14-8-7-13(22-14)11-5-3-4-6-12(11)17/h3-9H,1-2H3,(H,18,21). The third-order valence-corrected chi connectivity index (χ3v) is 3.21. The number of hydrogen-bond donors (Lipinski definition) is 1. The van der Waals surface area contributed by atoms with Gasteiger partial charge in [0.2, 0.25) is 0 Å². The number of amides is 1. The molecule has 22 heavy (non-hydrogen) atoms. The molecule has 2 heterocycles. The first kappa shape index (κ1) is 14.1. The number of nitrogens with zero attached hydrogens (tertiary/aromatic N) is 2. The zero-order valence-corrected chi connectivity index (χ0v) is 12.1. The summed E-state index contributed by atoms with van der Waals surface area (Å²) >= 11 is 0. The minimum absolute atomic E-state index is 0.108. The van der Waals surface area contributed by atoms with Crippen LogP contribution in [0.15, 0.2) is 46.9 Å². The number of halogens is 1. The van der Waals surface area contributed by atoms with E-state index in [1.165, 1.54) is 12.1 Å². The van der Waals surface area contributed by atoms with Crippen LogP contribution in [-0.2, 0) is 7.05 Å². The molecule has 112 valence electrons. The maximum atomic E-state index is 13.7. The van der Waals surface area contributed by atoms with Crippen LogP contribution in [0.4, 0.5) is 10.2 Å². The van der Waals surface area contributed by atoms with Crippen LogP contribution in [0.1, 0.15) is 16.2 Å². The van der Waals surface area contributed by atoms with Gasteiger partial charge in [-0.15, -0.1) is 0 Å². The number of anilines is 1. The van der Waals surface area contributed by atoms with E-state index >= 15 is 0 Å². The fraction of sp³-hybridized carbons (Fsp3) is 0.125. The Hall–Kier alpha value is -2.89. The summed E-state index contributed by atoms with van der Waals surface area (Å²) in [6.45, 7) is 1.83. The molecule has 0 aliphatic heterocycles. The van der Waals surface area contributed by atoms with Crippen molar-refractivity contribution in [3.63, 3.8) is 0 Å². The van der Waals surface area contributed by atoms with Crippen LogP contribution < -0.4 is 5.32 Å². The maximum Gasteiger partial charge on any atom is 0.292 e. The van der Waals surface area contributed by atoms with Gasteiger partial charge < -0.3 is 9.73 Å². The van der Waals surface area contributed by atoms with E-state index < -0.39 is 11.7 Å². The van der Waals surface area contributed by atoms with Gasteiger partial charge in [-0.05, 0) is 31.2 Å². The third-order valence-electron chi connectivity index (χ3n) is 3.21. The average molecular weight is 299 g/mol. The van der Waals surface area contributed by atoms with E-state index in [9.17, 15) is 9.18 Å². The van der Waals surface area contributed by atoms with Crippen LogP contribution in [0.5, 0.6) is 0 Å². The van der Waals surface area contributed by atoms with Crippen molar-refractivity contribution >= 4 is 11.7 Å². The molecular formula is C16H14FN3O2. The first-order valence-corrected chi connectivity index (χ1v) is 6.71. The average Bonchev–Trinajstić information content (AvgIpc) is 3.07. The van der Waals surface area contributed by atoms with E-state index in [2.05, 4.69) is 10.4 Å². The van der Waals surface area contributed by atoms with Crippen molar-refractivity contribution in [2.45, 2.75) is 6.92 Å². The van der Waals surface area contributed by atoms with Crippen molar-refractivity contribution in [1.29, 1.82) is 0 Å². The number of rotatable bonds is 3. The van der Waals surface area contributed by atoms with Gasteiger partial charge in [0, 0.05) is 13.1 Å². The van der Waals surface area contributed by atoms with Crippen LogP contribution in [0.2, 0.25) is 0 Å². The van der Waals surface area contributed by atoms with E-state index in [0.29, 0.717) is 17.1 Å². The Bertz CT molecular complexity index is 836. The molecule has 5 nitrogen and oxygen atoms in total. The summed E-state index contributed by atoms with van der Waals surface area (Å²) in [7, 11) is 1.73. The summed E-state index contributed by atoms with van der Waals surface area (Å²) in [6.07, 6.45) is 0. The number of furan rings is 1. The van der Waals surface area contributed by atoms with Crippen LogP contribution >= 0.6 is 0 Å². The van der Waals surface area contributed by atoms with Crippen LogP contribution in [-0.4, -0.2) is 15.7 Å². The molecule has 2 aromatic heterocycles. The molecule has 3 rings (SSSR count). The third kappa shape index (κ3) is 2.63. The highest BCUT2D eigenvalue weighted by Crippen LogP contribution is 2.25. The van der Waals surface area contributed by atoms with E-state index in [1.807, 2.05) is 6.92 Å². The van der Waals surface area contributed by atoms with Gasteiger partial charge in [-0.3, -0.25) is 9.48 Å². The van der Waals surface area contributed by atoms with Crippen LogP contribution in [0.3, 0.4) is 0 Å². The Morgan fingerprint density at radius 1 is 1.27 bits per heavy atom. The Labute approximate surface area is 126 Å². The molecule has 1 amide bonds. The largest absolute Gasteiger partial charge is 0.451 e. The SMILES string of the molecule is Cc1cc(NC(=O)c2ccc(-c3ccccc3F)o2)n(C)n1. The first-order chi connectivity index (χ1) is 10.5. The molecule has 0 spiro atoms. The number of carbonyl (C=O) groups is 1. The first-order valence-electron chi connectivity index (χ1n) is 6.71. The van der Waals surface area contributed by atoms with Crippen molar-refractivity contribution in [2.75, 3.05) is 5.32 Å².